The highest BCUT2D eigenvalue weighted by Crippen LogP contribution is 2.16. The van der Waals surface area contributed by atoms with Gasteiger partial charge in [0.05, 0.1) is 12.1 Å². The van der Waals surface area contributed by atoms with Crippen LogP contribution >= 0.6 is 0 Å². The summed E-state index contributed by atoms with van der Waals surface area (Å²) in [7, 11) is 0. The molecular formula is C98H155N11O13. The number of amides is 10. The first-order valence-corrected chi connectivity index (χ1v) is 42.9. The molecule has 1 unspecified atom stereocenters. The van der Waals surface area contributed by atoms with E-state index in [2.05, 4.69) is 142 Å². The molecule has 5 aromatic carbocycles. The van der Waals surface area contributed by atoms with Crippen LogP contribution in [0.1, 0.15) is 268 Å². The quantitative estimate of drug-likeness (QED) is 0.0232. The van der Waals surface area contributed by atoms with Crippen LogP contribution in [0.4, 0.5) is 9.59 Å². The molecule has 1 aromatic heterocycles. The van der Waals surface area contributed by atoms with E-state index in [1.165, 1.54) is 44.5 Å². The molecule has 0 saturated heterocycles. The van der Waals surface area contributed by atoms with E-state index in [9.17, 15) is 47.9 Å². The Morgan fingerprint density at radius 1 is 0.410 bits per heavy atom. The lowest BCUT2D eigenvalue weighted by Crippen LogP contribution is -2.48. The second-order valence-electron chi connectivity index (χ2n) is 34.8. The number of hydrogen-bond acceptors (Lipinski definition) is 14. The molecule has 0 aliphatic carbocycles. The Labute approximate surface area is 732 Å². The largest absolute Gasteiger partial charge is 0.444 e. The van der Waals surface area contributed by atoms with Gasteiger partial charge in [0.15, 0.2) is 0 Å². The van der Waals surface area contributed by atoms with E-state index in [1.54, 1.807) is 54.5 Å². The van der Waals surface area contributed by atoms with E-state index in [1.807, 2.05) is 214 Å². The highest BCUT2D eigenvalue weighted by atomic mass is 16.6. The maximum absolute atomic E-state index is 11.5. The van der Waals surface area contributed by atoms with Gasteiger partial charge in [-0.3, -0.25) is 38.4 Å². The lowest BCUT2D eigenvalue weighted by molar-refractivity contribution is -0.126. The highest BCUT2D eigenvalue weighted by Gasteiger charge is 2.23. The summed E-state index contributed by atoms with van der Waals surface area (Å²) in [5, 5.41) is 28.3. The first-order chi connectivity index (χ1) is 56.7. The van der Waals surface area contributed by atoms with Gasteiger partial charge >= 0.3 is 12.2 Å². The fraction of sp³-hybridized carbons (Fsp3) is 0.541. The SMILES string of the molecule is CC(C)NC(=O)C(C)NC(=O)OC(C)(C)C.CC(C)NC(=O)CCc1ccccc1.CC(C)NC(=O)CNC(=O)OC(C)(C)C.CC(C)NC(=O)Cc1ccccc1.CC1=CC(=O)N(C(C)C)C1.Cc1cc(C(C)C)on1.Cc1ccc(CCC(=O)NC(C)C)cc1.Cc1cccc(CCC(=O)NC(C)C)c1.Cc1ccccc1CCC(=O)NC(C)C. The summed E-state index contributed by atoms with van der Waals surface area (Å²) in [4.78, 5) is 115. The predicted octanol–water partition coefficient (Wildman–Crippen LogP) is 17.0. The van der Waals surface area contributed by atoms with Crippen LogP contribution in [0.5, 0.6) is 0 Å². The van der Waals surface area contributed by atoms with Gasteiger partial charge in [-0.2, -0.15) is 0 Å². The molecule has 10 amide bonds. The Hall–Kier alpha value is -10.7. The maximum Gasteiger partial charge on any atom is 0.408 e. The van der Waals surface area contributed by atoms with Gasteiger partial charge in [-0.25, -0.2) is 9.59 Å². The molecule has 6 aromatic rings. The minimum absolute atomic E-state index is 0.0513. The number of carbonyl (C=O) groups is 10. The Morgan fingerprint density at radius 2 is 0.803 bits per heavy atom. The summed E-state index contributed by atoms with van der Waals surface area (Å²) < 4.78 is 15.0. The zero-order chi connectivity index (χ0) is 93.4. The first-order valence-electron chi connectivity index (χ1n) is 42.9. The molecule has 0 fully saturated rings. The first kappa shape index (κ1) is 113. The van der Waals surface area contributed by atoms with Gasteiger partial charge in [-0.05, 0) is 259 Å². The molecule has 1 aliphatic rings. The van der Waals surface area contributed by atoms with Crippen LogP contribution in [-0.4, -0.2) is 148 Å². The fourth-order valence-corrected chi connectivity index (χ4v) is 10.5. The van der Waals surface area contributed by atoms with Crippen molar-refractivity contribution in [3.05, 3.63) is 207 Å². The monoisotopic (exact) mass is 1690 g/mol. The standard InChI is InChI=1S/3C13H19NO.C12H17NO.C11H22N2O3.C11H15NO.C10H20N2O3.C8H13NO.C7H11NO/c1-10(2)14-13(15)9-8-12-6-4-11(3)5-7-12;1-10(2)14-13(15)8-7-12-6-4-5-11(3)9-12;1-10(2)14-13(15)9-8-12-7-5-4-6-11(12)3;1-10(2)13-12(14)9-8-11-6-4-3-5-7-11;1-7(2)12-9(14)8(3)13-10(15)16-11(4,5)6;1-9(2)12-11(13)8-10-6-4-3-5-7-10;1-7(2)12-8(13)6-11-9(14)15-10(3,4)5;1-6(2)9-5-7(3)4-8(9)10;1-5(2)7-4-6(3)8-9-7/h4-7,10H,8-9H2,1-3H3,(H,14,15);4-6,9-10H,7-8H2,1-3H3,(H,14,15);4-7,10H,8-9H2,1-3H3,(H,14,15);3-7,10H,8-9H2,1-2H3,(H,13,14);7-8H,1-6H3,(H,12,14)(H,13,15);3-7,9H,8H2,1-2H3,(H,12,13);7H,6H2,1-5H3,(H,11,14)(H,12,13);4,6H,5H2,1-3H3;4-5H,1-3H3. The van der Waals surface area contributed by atoms with Gasteiger partial charge in [0.25, 0.3) is 0 Å². The van der Waals surface area contributed by atoms with Gasteiger partial charge < -0.3 is 66.7 Å². The predicted molar refractivity (Wildman–Crippen MR) is 495 cm³/mol. The molecule has 0 saturated carbocycles. The van der Waals surface area contributed by atoms with Crippen molar-refractivity contribution in [3.63, 3.8) is 0 Å². The summed E-state index contributed by atoms with van der Waals surface area (Å²) in [5.41, 5.74) is 10.8. The Morgan fingerprint density at radius 3 is 1.18 bits per heavy atom. The van der Waals surface area contributed by atoms with Gasteiger partial charge in [0.1, 0.15) is 29.5 Å². The highest BCUT2D eigenvalue weighted by molar-refractivity contribution is 5.91. The van der Waals surface area contributed by atoms with Crippen LogP contribution < -0.4 is 47.9 Å². The molecule has 24 heteroatoms. The van der Waals surface area contributed by atoms with E-state index in [0.29, 0.717) is 44.1 Å². The molecule has 0 bridgehead atoms. The zero-order valence-electron chi connectivity index (χ0n) is 79.6. The van der Waals surface area contributed by atoms with Crippen molar-refractivity contribution in [1.29, 1.82) is 0 Å². The van der Waals surface area contributed by atoms with Crippen molar-refractivity contribution in [2.75, 3.05) is 13.1 Å². The second kappa shape index (κ2) is 62.5. The fourth-order valence-electron chi connectivity index (χ4n) is 10.5. The molecule has 0 spiro atoms. The van der Waals surface area contributed by atoms with Crippen molar-refractivity contribution < 1.29 is 61.9 Å². The molecule has 1 atom stereocenters. The van der Waals surface area contributed by atoms with E-state index in [4.69, 9.17) is 14.0 Å². The lowest BCUT2D eigenvalue weighted by atomic mass is 10.0. The number of rotatable bonds is 27. The van der Waals surface area contributed by atoms with Crippen molar-refractivity contribution in [1.82, 2.24) is 57.9 Å². The molecule has 9 N–H and O–H groups in total. The molecule has 1 aliphatic heterocycles. The van der Waals surface area contributed by atoms with Crippen LogP contribution in [0.25, 0.3) is 0 Å². The van der Waals surface area contributed by atoms with Gasteiger partial charge in [0, 0.05) is 98.6 Å². The van der Waals surface area contributed by atoms with E-state index in [0.717, 1.165) is 49.2 Å². The summed E-state index contributed by atoms with van der Waals surface area (Å²) >= 11 is 0. The van der Waals surface area contributed by atoms with Crippen LogP contribution in [0, 0.1) is 27.7 Å². The third kappa shape index (κ3) is 65.2. The molecule has 24 nitrogen and oxygen atoms in total. The minimum Gasteiger partial charge on any atom is -0.444 e. The van der Waals surface area contributed by atoms with Crippen molar-refractivity contribution in [2.45, 2.75) is 337 Å². The minimum atomic E-state index is -0.600. The summed E-state index contributed by atoms with van der Waals surface area (Å²) in [6.07, 6.45) is 6.58. The van der Waals surface area contributed by atoms with Crippen molar-refractivity contribution >= 4 is 59.4 Å². The number of ether oxygens (including phenoxy) is 2. The number of aryl methyl sites for hydroxylation is 8. The number of carbonyl (C=O) groups excluding carboxylic acids is 10. The number of nitrogens with zero attached hydrogens (tertiary/aromatic N) is 2. The van der Waals surface area contributed by atoms with E-state index in [-0.39, 0.29) is 96.1 Å². The smallest absolute Gasteiger partial charge is 0.408 e. The van der Waals surface area contributed by atoms with Crippen LogP contribution in [0.3, 0.4) is 0 Å². The molecule has 680 valence electrons. The summed E-state index contributed by atoms with van der Waals surface area (Å²) in [6.45, 7) is 58.5. The number of alkyl carbamates (subject to hydrolysis) is 2. The number of nitrogens with one attached hydrogen (secondary N) is 9. The number of aromatic nitrogens is 1. The number of hydrogen-bond donors (Lipinski definition) is 9. The van der Waals surface area contributed by atoms with E-state index < -0.39 is 29.4 Å². The molecule has 2 heterocycles. The molecule has 0 radical (unpaired) electrons. The van der Waals surface area contributed by atoms with Crippen molar-refractivity contribution in [3.8, 4) is 0 Å². The van der Waals surface area contributed by atoms with Crippen LogP contribution in [0.2, 0.25) is 0 Å². The Bertz CT molecular complexity index is 4000. The number of benzene rings is 5. The summed E-state index contributed by atoms with van der Waals surface area (Å²) in [5.74, 6) is 1.73. The summed E-state index contributed by atoms with van der Waals surface area (Å²) in [6, 6.07) is 47.6. The Kier molecular flexibility index (Phi) is 58.1. The van der Waals surface area contributed by atoms with E-state index >= 15 is 0 Å². The second-order valence-corrected chi connectivity index (χ2v) is 34.8. The third-order valence-electron chi connectivity index (χ3n) is 16.0. The lowest BCUT2D eigenvalue weighted by Gasteiger charge is -2.22. The normalized spacial score (nSPS) is 11.5. The molecule has 7 rings (SSSR count). The van der Waals surface area contributed by atoms with Crippen LogP contribution in [0.15, 0.2) is 156 Å². The topological polar surface area (TPSA) is 327 Å². The van der Waals surface area contributed by atoms with Crippen molar-refractivity contribution in [2.24, 2.45) is 0 Å². The Balaban J connectivity index is 0. The average Bonchev–Trinajstić information content (AvgIpc) is 1.73. The third-order valence-corrected chi connectivity index (χ3v) is 16.0. The maximum atomic E-state index is 11.5. The van der Waals surface area contributed by atoms with Gasteiger partial charge in [-0.1, -0.05) is 164 Å². The van der Waals surface area contributed by atoms with Crippen LogP contribution in [-0.2, 0) is 79.9 Å². The zero-order valence-corrected chi connectivity index (χ0v) is 79.6. The van der Waals surface area contributed by atoms with Gasteiger partial charge in [-0.15, -0.1) is 0 Å². The average molecular weight is 1700 g/mol. The van der Waals surface area contributed by atoms with Gasteiger partial charge in [0.2, 0.25) is 47.3 Å². The molecule has 122 heavy (non-hydrogen) atoms. The molecular weight excluding hydrogens is 1540 g/mol.